The number of hydrogen-bond acceptors (Lipinski definition) is 5. The van der Waals surface area contributed by atoms with Crippen LogP contribution in [0.15, 0.2) is 76.0 Å². The zero-order chi connectivity index (χ0) is 24.1. The third-order valence-corrected chi connectivity index (χ3v) is 6.72. The summed E-state index contributed by atoms with van der Waals surface area (Å²) in [5, 5.41) is 7.89. The minimum absolute atomic E-state index is 0.248. The summed E-state index contributed by atoms with van der Waals surface area (Å²) in [7, 11) is 0. The first-order valence-electron chi connectivity index (χ1n) is 11.3. The van der Waals surface area contributed by atoms with Crippen molar-refractivity contribution in [1.82, 2.24) is 5.16 Å². The number of carbonyl (C=O) groups excluding carboxylic acids is 1. The third-order valence-electron chi connectivity index (χ3n) is 6.72. The smallest absolute Gasteiger partial charge is 0.349 e. The lowest BCUT2D eigenvalue weighted by molar-refractivity contribution is -0.265. The van der Waals surface area contributed by atoms with Crippen molar-refractivity contribution in [2.24, 2.45) is 0 Å². The second-order valence-electron chi connectivity index (χ2n) is 9.29. The largest absolute Gasteiger partial charge is 0.366 e. The quantitative estimate of drug-likeness (QED) is 0.454. The van der Waals surface area contributed by atoms with Crippen molar-refractivity contribution in [1.29, 1.82) is 0 Å². The molecule has 1 saturated heterocycles. The standard InChI is InChI=1S/C28H26N2O4/c1-17-10-11-18(2)24(14-17)28(16-27(4,34-28)20-8-6-5-7-9-20)26(32)29-21-12-13-22-23(15-21)19(3)30-33-25(22)31/h5-15H,16H2,1-4H3,(H,29,32). The maximum absolute atomic E-state index is 13.9. The van der Waals surface area contributed by atoms with Crippen molar-refractivity contribution >= 4 is 22.4 Å². The Labute approximate surface area is 197 Å². The van der Waals surface area contributed by atoms with Gasteiger partial charge in [-0.05, 0) is 62.6 Å². The first kappa shape index (κ1) is 22.0. The predicted octanol–water partition coefficient (Wildman–Crippen LogP) is 5.28. The van der Waals surface area contributed by atoms with Crippen LogP contribution in [0.5, 0.6) is 0 Å². The minimum atomic E-state index is -1.14. The lowest BCUT2D eigenvalue weighted by Crippen LogP contribution is -2.60. The van der Waals surface area contributed by atoms with E-state index in [4.69, 9.17) is 9.26 Å². The molecule has 0 bridgehead atoms. The molecular formula is C28H26N2O4. The van der Waals surface area contributed by atoms with Gasteiger partial charge >= 0.3 is 5.63 Å². The van der Waals surface area contributed by atoms with Gasteiger partial charge in [-0.15, -0.1) is 0 Å². The Bertz CT molecular complexity index is 1470. The van der Waals surface area contributed by atoms with E-state index >= 15 is 0 Å². The van der Waals surface area contributed by atoms with Crippen molar-refractivity contribution in [2.75, 3.05) is 5.32 Å². The van der Waals surface area contributed by atoms with Gasteiger partial charge in [-0.2, -0.15) is 0 Å². The van der Waals surface area contributed by atoms with Crippen LogP contribution in [0.3, 0.4) is 0 Å². The molecule has 1 aromatic heterocycles. The van der Waals surface area contributed by atoms with Gasteiger partial charge in [0.1, 0.15) is 0 Å². The van der Waals surface area contributed by atoms with Crippen LogP contribution in [0.2, 0.25) is 0 Å². The van der Waals surface area contributed by atoms with E-state index in [1.807, 2.05) is 69.3 Å². The summed E-state index contributed by atoms with van der Waals surface area (Å²) in [5.41, 5.74) is 2.85. The molecule has 5 rings (SSSR count). The second kappa shape index (κ2) is 7.92. The Morgan fingerprint density at radius 3 is 2.44 bits per heavy atom. The Morgan fingerprint density at radius 1 is 0.971 bits per heavy atom. The number of fused-ring (bicyclic) bond motifs is 1. The fourth-order valence-corrected chi connectivity index (χ4v) is 4.91. The first-order valence-corrected chi connectivity index (χ1v) is 11.3. The molecule has 3 aromatic carbocycles. The fourth-order valence-electron chi connectivity index (χ4n) is 4.91. The molecule has 1 aliphatic rings. The van der Waals surface area contributed by atoms with E-state index in [0.717, 1.165) is 22.3 Å². The van der Waals surface area contributed by atoms with Gasteiger partial charge in [0.25, 0.3) is 5.91 Å². The highest BCUT2D eigenvalue weighted by atomic mass is 16.6. The summed E-state index contributed by atoms with van der Waals surface area (Å²) in [6.45, 7) is 7.78. The zero-order valence-corrected chi connectivity index (χ0v) is 19.6. The number of ether oxygens (including phenoxy) is 1. The number of nitrogens with one attached hydrogen (secondary N) is 1. The molecule has 1 aliphatic heterocycles. The van der Waals surface area contributed by atoms with Crippen LogP contribution in [0, 0.1) is 20.8 Å². The molecule has 1 fully saturated rings. The van der Waals surface area contributed by atoms with Crippen molar-refractivity contribution < 1.29 is 14.1 Å². The Kier molecular flexibility index (Phi) is 5.14. The molecule has 6 nitrogen and oxygen atoms in total. The molecule has 34 heavy (non-hydrogen) atoms. The fraction of sp³-hybridized carbons (Fsp3) is 0.250. The lowest BCUT2D eigenvalue weighted by Gasteiger charge is -2.54. The number of hydrogen-bond donors (Lipinski definition) is 1. The third kappa shape index (κ3) is 3.51. The number of benzene rings is 3. The molecule has 0 spiro atoms. The van der Waals surface area contributed by atoms with Crippen LogP contribution < -0.4 is 10.9 Å². The van der Waals surface area contributed by atoms with Crippen molar-refractivity contribution in [3.63, 3.8) is 0 Å². The molecule has 0 aliphatic carbocycles. The van der Waals surface area contributed by atoms with Gasteiger partial charge in [-0.3, -0.25) is 4.79 Å². The summed E-state index contributed by atoms with van der Waals surface area (Å²) in [5.74, 6) is -0.248. The highest BCUT2D eigenvalue weighted by Gasteiger charge is 2.60. The average molecular weight is 455 g/mol. The van der Waals surface area contributed by atoms with Gasteiger partial charge in [0, 0.05) is 17.5 Å². The maximum atomic E-state index is 13.9. The molecule has 2 heterocycles. The van der Waals surface area contributed by atoms with E-state index in [9.17, 15) is 9.59 Å². The SMILES string of the molecule is Cc1ccc(C)c(C2(C(=O)Nc3ccc4c(=O)onc(C)c4c3)CC(C)(c3ccccc3)O2)c1. The maximum Gasteiger partial charge on any atom is 0.366 e. The second-order valence-corrected chi connectivity index (χ2v) is 9.29. The molecular weight excluding hydrogens is 428 g/mol. The van der Waals surface area contributed by atoms with E-state index in [1.54, 1.807) is 25.1 Å². The summed E-state index contributed by atoms with van der Waals surface area (Å²) < 4.78 is 11.4. The highest BCUT2D eigenvalue weighted by molar-refractivity contribution is 6.01. The van der Waals surface area contributed by atoms with Crippen molar-refractivity contribution in [3.05, 3.63) is 105 Å². The molecule has 6 heteroatoms. The van der Waals surface area contributed by atoms with E-state index in [0.29, 0.717) is 28.6 Å². The van der Waals surface area contributed by atoms with Gasteiger partial charge in [-0.25, -0.2) is 4.79 Å². The summed E-state index contributed by atoms with van der Waals surface area (Å²) >= 11 is 0. The molecule has 2 atom stereocenters. The highest BCUT2D eigenvalue weighted by Crippen LogP contribution is 2.55. The number of amides is 1. The number of anilines is 1. The Balaban J connectivity index is 1.55. The first-order chi connectivity index (χ1) is 16.2. The average Bonchev–Trinajstić information content (AvgIpc) is 2.81. The lowest BCUT2D eigenvalue weighted by atomic mass is 9.71. The van der Waals surface area contributed by atoms with E-state index in [-0.39, 0.29) is 5.91 Å². The van der Waals surface area contributed by atoms with Gasteiger partial charge in [-0.1, -0.05) is 59.3 Å². The van der Waals surface area contributed by atoms with Crippen LogP contribution in [0.25, 0.3) is 10.8 Å². The van der Waals surface area contributed by atoms with Crippen molar-refractivity contribution in [2.45, 2.75) is 45.3 Å². The number of rotatable bonds is 4. The molecule has 4 aromatic rings. The number of aryl methyl sites for hydroxylation is 3. The molecule has 2 unspecified atom stereocenters. The van der Waals surface area contributed by atoms with Crippen LogP contribution >= 0.6 is 0 Å². The van der Waals surface area contributed by atoms with Crippen LogP contribution in [0.4, 0.5) is 5.69 Å². The van der Waals surface area contributed by atoms with Gasteiger partial charge in [0.05, 0.1) is 16.7 Å². The Morgan fingerprint density at radius 2 is 1.71 bits per heavy atom. The monoisotopic (exact) mass is 454 g/mol. The van der Waals surface area contributed by atoms with Crippen molar-refractivity contribution in [3.8, 4) is 0 Å². The summed E-state index contributed by atoms with van der Waals surface area (Å²) in [4.78, 5) is 25.9. The minimum Gasteiger partial charge on any atom is -0.349 e. The normalized spacial score (nSPS) is 21.8. The zero-order valence-electron chi connectivity index (χ0n) is 19.6. The van der Waals surface area contributed by atoms with Gasteiger partial charge in [0.15, 0.2) is 5.60 Å². The van der Waals surface area contributed by atoms with Gasteiger partial charge < -0.3 is 14.6 Å². The molecule has 0 radical (unpaired) electrons. The number of aromatic nitrogens is 1. The van der Waals surface area contributed by atoms with E-state index in [1.165, 1.54) is 0 Å². The summed E-state index contributed by atoms with van der Waals surface area (Å²) in [6.07, 6.45) is 0.498. The number of nitrogens with zero attached hydrogens (tertiary/aromatic N) is 1. The van der Waals surface area contributed by atoms with E-state index in [2.05, 4.69) is 10.5 Å². The van der Waals surface area contributed by atoms with E-state index < -0.39 is 16.8 Å². The van der Waals surface area contributed by atoms with Crippen LogP contribution in [-0.4, -0.2) is 11.1 Å². The topological polar surface area (TPSA) is 81.4 Å². The Hall–Kier alpha value is -3.77. The molecule has 172 valence electrons. The molecule has 1 amide bonds. The van der Waals surface area contributed by atoms with Crippen LogP contribution in [-0.2, 0) is 20.7 Å². The molecule has 0 saturated carbocycles. The number of carbonyl (C=O) groups is 1. The van der Waals surface area contributed by atoms with Crippen LogP contribution in [0.1, 0.15) is 41.3 Å². The summed E-state index contributed by atoms with van der Waals surface area (Å²) in [6, 6.07) is 21.1. The predicted molar refractivity (Wildman–Crippen MR) is 131 cm³/mol. The molecule has 1 N–H and O–H groups in total. The van der Waals surface area contributed by atoms with Gasteiger partial charge in [0.2, 0.25) is 0 Å².